The summed E-state index contributed by atoms with van der Waals surface area (Å²) in [5.74, 6) is 0.660. The number of anilines is 1. The standard InChI is InChI=1S/C21H15ClN2O2S/c22-17-9-4-2-6-14(17)12-23-21-24-19(18-10-5-11-26-18)20(27-21)16-8-3-1-7-15(16)13-25/h1-11,13H,12H2,(H,23,24). The molecule has 4 aromatic rings. The van der Waals surface area contributed by atoms with Gasteiger partial charge in [-0.05, 0) is 23.8 Å². The van der Waals surface area contributed by atoms with Crippen LogP contribution in [0.3, 0.4) is 0 Å². The first-order chi connectivity index (χ1) is 13.3. The lowest BCUT2D eigenvalue weighted by molar-refractivity contribution is 0.112. The minimum absolute atomic E-state index is 0.555. The summed E-state index contributed by atoms with van der Waals surface area (Å²) in [6, 6.07) is 18.8. The van der Waals surface area contributed by atoms with Crippen molar-refractivity contribution in [2.45, 2.75) is 6.54 Å². The number of thiazole rings is 1. The second kappa shape index (κ2) is 7.78. The highest BCUT2D eigenvalue weighted by molar-refractivity contribution is 7.19. The molecule has 0 unspecified atom stereocenters. The molecule has 1 N–H and O–H groups in total. The summed E-state index contributed by atoms with van der Waals surface area (Å²) < 4.78 is 5.56. The lowest BCUT2D eigenvalue weighted by atomic mass is 10.1. The Balaban J connectivity index is 1.72. The van der Waals surface area contributed by atoms with Crippen LogP contribution in [0.4, 0.5) is 5.13 Å². The zero-order chi connectivity index (χ0) is 18.6. The average molecular weight is 395 g/mol. The quantitative estimate of drug-likeness (QED) is 0.398. The first-order valence-corrected chi connectivity index (χ1v) is 9.52. The Bertz CT molecular complexity index is 1070. The molecule has 0 radical (unpaired) electrons. The monoisotopic (exact) mass is 394 g/mol. The zero-order valence-corrected chi connectivity index (χ0v) is 15.8. The van der Waals surface area contributed by atoms with Crippen molar-refractivity contribution < 1.29 is 9.21 Å². The molecule has 0 fully saturated rings. The van der Waals surface area contributed by atoms with Crippen LogP contribution in [0.2, 0.25) is 5.02 Å². The number of nitrogens with zero attached hydrogens (tertiary/aromatic N) is 1. The van der Waals surface area contributed by atoms with E-state index in [2.05, 4.69) is 5.32 Å². The largest absolute Gasteiger partial charge is 0.463 e. The second-order valence-corrected chi connectivity index (χ2v) is 7.23. The lowest BCUT2D eigenvalue weighted by Gasteiger charge is -2.04. The van der Waals surface area contributed by atoms with Gasteiger partial charge in [0, 0.05) is 22.7 Å². The maximum absolute atomic E-state index is 11.5. The number of aldehydes is 1. The number of nitrogens with one attached hydrogen (secondary N) is 1. The van der Waals surface area contributed by atoms with Crippen molar-refractivity contribution in [3.05, 3.63) is 83.1 Å². The molecule has 2 aromatic heterocycles. The average Bonchev–Trinajstić information content (AvgIpc) is 3.37. The van der Waals surface area contributed by atoms with Crippen LogP contribution in [0.1, 0.15) is 15.9 Å². The molecular formula is C21H15ClN2O2S. The molecule has 0 saturated carbocycles. The van der Waals surface area contributed by atoms with Gasteiger partial charge in [0.2, 0.25) is 0 Å². The van der Waals surface area contributed by atoms with Gasteiger partial charge in [0.05, 0.1) is 11.1 Å². The highest BCUT2D eigenvalue weighted by Crippen LogP contribution is 2.40. The van der Waals surface area contributed by atoms with Crippen LogP contribution < -0.4 is 5.32 Å². The molecule has 0 aliphatic carbocycles. The van der Waals surface area contributed by atoms with E-state index >= 15 is 0 Å². The summed E-state index contributed by atoms with van der Waals surface area (Å²) in [5.41, 5.74) is 3.15. The maximum Gasteiger partial charge on any atom is 0.184 e. The van der Waals surface area contributed by atoms with Crippen molar-refractivity contribution in [3.63, 3.8) is 0 Å². The van der Waals surface area contributed by atoms with Gasteiger partial charge in [0.15, 0.2) is 17.2 Å². The van der Waals surface area contributed by atoms with E-state index in [1.54, 1.807) is 12.3 Å². The third-order valence-electron chi connectivity index (χ3n) is 4.10. The first-order valence-electron chi connectivity index (χ1n) is 8.33. The third kappa shape index (κ3) is 3.65. The van der Waals surface area contributed by atoms with Crippen LogP contribution in [-0.2, 0) is 6.54 Å². The van der Waals surface area contributed by atoms with Crippen molar-refractivity contribution in [2.24, 2.45) is 0 Å². The summed E-state index contributed by atoms with van der Waals surface area (Å²) in [6.07, 6.45) is 2.47. The first kappa shape index (κ1) is 17.5. The summed E-state index contributed by atoms with van der Waals surface area (Å²) >= 11 is 7.71. The SMILES string of the molecule is O=Cc1ccccc1-c1sc(NCc2ccccc2Cl)nc1-c1ccco1. The fourth-order valence-electron chi connectivity index (χ4n) is 2.78. The van der Waals surface area contributed by atoms with Crippen molar-refractivity contribution in [2.75, 3.05) is 5.32 Å². The molecule has 0 aliphatic rings. The van der Waals surface area contributed by atoms with Crippen LogP contribution in [0.15, 0.2) is 71.3 Å². The van der Waals surface area contributed by atoms with Crippen molar-refractivity contribution in [3.8, 4) is 21.9 Å². The lowest BCUT2D eigenvalue weighted by Crippen LogP contribution is -1.99. The Hall–Kier alpha value is -2.89. The van der Waals surface area contributed by atoms with E-state index in [-0.39, 0.29) is 0 Å². The second-order valence-electron chi connectivity index (χ2n) is 5.82. The van der Waals surface area contributed by atoms with Crippen LogP contribution >= 0.6 is 22.9 Å². The van der Waals surface area contributed by atoms with E-state index in [1.807, 2.05) is 54.6 Å². The molecule has 6 heteroatoms. The Morgan fingerprint density at radius 3 is 2.67 bits per heavy atom. The Morgan fingerprint density at radius 2 is 1.89 bits per heavy atom. The third-order valence-corrected chi connectivity index (χ3v) is 5.52. The number of benzene rings is 2. The van der Waals surface area contributed by atoms with E-state index < -0.39 is 0 Å². The summed E-state index contributed by atoms with van der Waals surface area (Å²) in [4.78, 5) is 17.1. The Morgan fingerprint density at radius 1 is 1.07 bits per heavy atom. The van der Waals surface area contributed by atoms with Crippen molar-refractivity contribution in [1.82, 2.24) is 4.98 Å². The number of hydrogen-bond acceptors (Lipinski definition) is 5. The van der Waals surface area contributed by atoms with Gasteiger partial charge in [0.1, 0.15) is 5.69 Å². The molecular weight excluding hydrogens is 380 g/mol. The molecule has 4 nitrogen and oxygen atoms in total. The highest BCUT2D eigenvalue weighted by atomic mass is 35.5. The van der Waals surface area contributed by atoms with Crippen LogP contribution in [0, 0.1) is 0 Å². The van der Waals surface area contributed by atoms with Gasteiger partial charge in [-0.3, -0.25) is 4.79 Å². The smallest absolute Gasteiger partial charge is 0.184 e. The minimum atomic E-state index is 0.555. The van der Waals surface area contributed by atoms with Crippen LogP contribution in [0.5, 0.6) is 0 Å². The number of carbonyl (C=O) groups excluding carboxylic acids is 1. The molecule has 27 heavy (non-hydrogen) atoms. The number of furan rings is 1. The topological polar surface area (TPSA) is 55.1 Å². The Labute approximate surface area is 165 Å². The fraction of sp³-hybridized carbons (Fsp3) is 0.0476. The van der Waals surface area contributed by atoms with Gasteiger partial charge in [-0.2, -0.15) is 0 Å². The van der Waals surface area contributed by atoms with E-state index in [0.29, 0.717) is 28.6 Å². The summed E-state index contributed by atoms with van der Waals surface area (Å²) in [6.45, 7) is 0.555. The Kier molecular flexibility index (Phi) is 5.05. The predicted molar refractivity (Wildman–Crippen MR) is 109 cm³/mol. The van der Waals surface area contributed by atoms with Crippen LogP contribution in [-0.4, -0.2) is 11.3 Å². The van der Waals surface area contributed by atoms with Gasteiger partial charge in [-0.1, -0.05) is 65.4 Å². The van der Waals surface area contributed by atoms with E-state index in [9.17, 15) is 4.79 Å². The molecule has 2 heterocycles. The molecule has 0 amide bonds. The minimum Gasteiger partial charge on any atom is -0.463 e. The van der Waals surface area contributed by atoms with Gasteiger partial charge in [-0.25, -0.2) is 4.98 Å². The van der Waals surface area contributed by atoms with E-state index in [0.717, 1.165) is 27.4 Å². The summed E-state index contributed by atoms with van der Waals surface area (Å²) in [7, 11) is 0. The maximum atomic E-state index is 11.5. The molecule has 0 atom stereocenters. The van der Waals surface area contributed by atoms with Crippen molar-refractivity contribution in [1.29, 1.82) is 0 Å². The fourth-order valence-corrected chi connectivity index (χ4v) is 3.99. The normalized spacial score (nSPS) is 10.7. The van der Waals surface area contributed by atoms with Crippen molar-refractivity contribution >= 4 is 34.4 Å². The van der Waals surface area contributed by atoms with E-state index in [4.69, 9.17) is 21.0 Å². The summed E-state index contributed by atoms with van der Waals surface area (Å²) in [5, 5.41) is 4.77. The van der Waals surface area contributed by atoms with E-state index in [1.165, 1.54) is 11.3 Å². The number of carbonyl (C=O) groups is 1. The zero-order valence-electron chi connectivity index (χ0n) is 14.2. The molecule has 0 saturated heterocycles. The molecule has 4 rings (SSSR count). The molecule has 2 aromatic carbocycles. The number of hydrogen-bond donors (Lipinski definition) is 1. The van der Waals surface area contributed by atoms with Gasteiger partial charge in [-0.15, -0.1) is 0 Å². The van der Waals surface area contributed by atoms with Crippen LogP contribution in [0.25, 0.3) is 21.9 Å². The molecule has 0 bridgehead atoms. The van der Waals surface area contributed by atoms with Gasteiger partial charge < -0.3 is 9.73 Å². The molecule has 0 aliphatic heterocycles. The number of aromatic nitrogens is 1. The predicted octanol–water partition coefficient (Wildman–Crippen LogP) is 6.15. The highest BCUT2D eigenvalue weighted by Gasteiger charge is 2.19. The number of rotatable bonds is 6. The van der Waals surface area contributed by atoms with Gasteiger partial charge >= 0.3 is 0 Å². The molecule has 0 spiro atoms. The van der Waals surface area contributed by atoms with Gasteiger partial charge in [0.25, 0.3) is 0 Å². The number of halogens is 1. The molecule has 134 valence electrons.